The molecule has 0 aromatic heterocycles. The third-order valence-electron chi connectivity index (χ3n) is 1.82. The van der Waals surface area contributed by atoms with Crippen LogP contribution in [0.4, 0.5) is 5.69 Å². The molecule has 0 radical (unpaired) electrons. The third kappa shape index (κ3) is 2.23. The van der Waals surface area contributed by atoms with E-state index >= 15 is 0 Å². The summed E-state index contributed by atoms with van der Waals surface area (Å²) < 4.78 is 5.34. The van der Waals surface area contributed by atoms with Crippen LogP contribution in [0.5, 0.6) is 5.75 Å². The molecule has 1 aliphatic rings. The molecule has 14 heavy (non-hydrogen) atoms. The number of aliphatic hydroxyl groups excluding tert-OH is 1. The number of carbonyl (C=O) groups excluding carboxylic acids is 1. The summed E-state index contributed by atoms with van der Waals surface area (Å²) in [6.07, 6.45) is 0.818. The van der Waals surface area contributed by atoms with E-state index in [9.17, 15) is 4.79 Å². The first-order chi connectivity index (χ1) is 6.90. The smallest absolute Gasteiger partial charge is 0.150 e. The average Bonchev–Trinajstić information content (AvgIpc) is 2.31. The van der Waals surface area contributed by atoms with Crippen LogP contribution in [0.1, 0.15) is 10.4 Å². The van der Waals surface area contributed by atoms with Gasteiger partial charge in [-0.2, -0.15) is 0 Å². The van der Waals surface area contributed by atoms with Crippen LogP contribution >= 0.6 is 0 Å². The second-order valence-corrected chi connectivity index (χ2v) is 2.65. The summed E-state index contributed by atoms with van der Waals surface area (Å²) in [6.45, 7) is 1.49. The molecule has 0 aliphatic carbocycles. The average molecular weight is 195 g/mol. The van der Waals surface area contributed by atoms with E-state index in [1.54, 1.807) is 12.1 Å². The predicted molar refractivity (Wildman–Crippen MR) is 54.0 cm³/mol. The Balaban J connectivity index is 0.000000461. The molecular weight excluding hydrogens is 182 g/mol. The zero-order valence-corrected chi connectivity index (χ0v) is 7.99. The molecule has 0 saturated heterocycles. The lowest BCUT2D eigenvalue weighted by Crippen LogP contribution is -2.17. The van der Waals surface area contributed by atoms with Crippen LogP contribution in [0.25, 0.3) is 0 Å². The number of benzene rings is 1. The number of hydrogen-bond donors (Lipinski definition) is 2. The van der Waals surface area contributed by atoms with Crippen molar-refractivity contribution in [3.05, 3.63) is 23.8 Å². The second kappa shape index (κ2) is 5.24. The summed E-state index contributed by atoms with van der Waals surface area (Å²) in [6, 6.07) is 5.38. The maximum atomic E-state index is 10.4. The van der Waals surface area contributed by atoms with Crippen molar-refractivity contribution in [1.29, 1.82) is 0 Å². The molecule has 1 aromatic carbocycles. The number of anilines is 1. The lowest BCUT2D eigenvalue weighted by atomic mass is 10.2. The van der Waals surface area contributed by atoms with Gasteiger partial charge in [-0.15, -0.1) is 0 Å². The van der Waals surface area contributed by atoms with Gasteiger partial charge in [0.05, 0.1) is 5.69 Å². The lowest BCUT2D eigenvalue weighted by molar-refractivity contribution is 0.112. The van der Waals surface area contributed by atoms with Crippen LogP contribution in [0.15, 0.2) is 18.2 Å². The fourth-order valence-electron chi connectivity index (χ4n) is 1.22. The van der Waals surface area contributed by atoms with Gasteiger partial charge in [0.15, 0.2) is 0 Å². The Morgan fingerprint density at radius 1 is 1.50 bits per heavy atom. The van der Waals surface area contributed by atoms with E-state index < -0.39 is 0 Å². The van der Waals surface area contributed by atoms with Gasteiger partial charge in [0, 0.05) is 19.2 Å². The van der Waals surface area contributed by atoms with E-state index in [1.807, 2.05) is 6.07 Å². The van der Waals surface area contributed by atoms with Crippen molar-refractivity contribution in [1.82, 2.24) is 0 Å². The van der Waals surface area contributed by atoms with Crippen LogP contribution in [0, 0.1) is 0 Å². The minimum absolute atomic E-state index is 0.650. The highest BCUT2D eigenvalue weighted by atomic mass is 16.5. The van der Waals surface area contributed by atoms with Crippen LogP contribution in [-0.2, 0) is 0 Å². The summed E-state index contributed by atoms with van der Waals surface area (Å²) in [4.78, 5) is 10.4. The number of rotatable bonds is 1. The van der Waals surface area contributed by atoms with Crippen molar-refractivity contribution in [3.63, 3.8) is 0 Å². The van der Waals surface area contributed by atoms with E-state index in [0.29, 0.717) is 12.2 Å². The fraction of sp³-hybridized carbons (Fsp3) is 0.300. The SMILES string of the molecule is CO.O=Cc1ccc2c(c1)OCCN2. The van der Waals surface area contributed by atoms with Crippen molar-refractivity contribution >= 4 is 12.0 Å². The summed E-state index contributed by atoms with van der Waals surface area (Å²) >= 11 is 0. The molecule has 4 nitrogen and oxygen atoms in total. The molecule has 0 atom stereocenters. The van der Waals surface area contributed by atoms with Crippen molar-refractivity contribution in [2.75, 3.05) is 25.6 Å². The van der Waals surface area contributed by atoms with Gasteiger partial charge in [-0.1, -0.05) is 0 Å². The van der Waals surface area contributed by atoms with Gasteiger partial charge in [0.1, 0.15) is 18.6 Å². The molecule has 0 fully saturated rings. The van der Waals surface area contributed by atoms with E-state index in [0.717, 1.165) is 31.4 Å². The van der Waals surface area contributed by atoms with E-state index in [2.05, 4.69) is 5.32 Å². The molecule has 2 rings (SSSR count). The van der Waals surface area contributed by atoms with Gasteiger partial charge in [0.25, 0.3) is 0 Å². The Bertz CT molecular complexity index is 312. The van der Waals surface area contributed by atoms with Crippen LogP contribution in [0.3, 0.4) is 0 Å². The first-order valence-corrected chi connectivity index (χ1v) is 4.31. The van der Waals surface area contributed by atoms with Crippen LogP contribution in [-0.4, -0.2) is 31.7 Å². The van der Waals surface area contributed by atoms with Crippen molar-refractivity contribution < 1.29 is 14.6 Å². The van der Waals surface area contributed by atoms with Gasteiger partial charge < -0.3 is 15.2 Å². The van der Waals surface area contributed by atoms with E-state index in [4.69, 9.17) is 9.84 Å². The summed E-state index contributed by atoms with van der Waals surface area (Å²) in [5.74, 6) is 0.769. The number of aldehydes is 1. The highest BCUT2D eigenvalue weighted by molar-refractivity contribution is 5.78. The van der Waals surface area contributed by atoms with Crippen molar-refractivity contribution in [2.24, 2.45) is 0 Å². The maximum absolute atomic E-state index is 10.4. The molecule has 76 valence electrons. The Morgan fingerprint density at radius 2 is 2.29 bits per heavy atom. The van der Waals surface area contributed by atoms with Crippen molar-refractivity contribution in [3.8, 4) is 5.75 Å². The molecule has 1 aliphatic heterocycles. The Morgan fingerprint density at radius 3 is 3.00 bits per heavy atom. The van der Waals surface area contributed by atoms with Gasteiger partial charge in [0.2, 0.25) is 0 Å². The fourth-order valence-corrected chi connectivity index (χ4v) is 1.22. The first-order valence-electron chi connectivity index (χ1n) is 4.31. The molecule has 0 amide bonds. The maximum Gasteiger partial charge on any atom is 0.150 e. The molecule has 1 heterocycles. The normalized spacial score (nSPS) is 12.4. The summed E-state index contributed by atoms with van der Waals surface area (Å²) in [7, 11) is 1.00. The minimum atomic E-state index is 0.650. The standard InChI is InChI=1S/C9H9NO2.CH4O/c11-6-7-1-2-8-9(5-7)12-4-3-10-8;1-2/h1-2,5-6,10H,3-4H2;2H,1H3. The molecule has 0 spiro atoms. The van der Waals surface area contributed by atoms with Crippen LogP contribution < -0.4 is 10.1 Å². The van der Waals surface area contributed by atoms with Gasteiger partial charge >= 0.3 is 0 Å². The molecule has 4 heteroatoms. The zero-order valence-electron chi connectivity index (χ0n) is 7.99. The van der Waals surface area contributed by atoms with E-state index in [-0.39, 0.29) is 0 Å². The number of fused-ring (bicyclic) bond motifs is 1. The summed E-state index contributed by atoms with van der Waals surface area (Å²) in [5.41, 5.74) is 1.62. The molecular formula is C10H13NO3. The van der Waals surface area contributed by atoms with Gasteiger partial charge in [-0.3, -0.25) is 4.79 Å². The third-order valence-corrected chi connectivity index (χ3v) is 1.82. The molecule has 0 bridgehead atoms. The molecule has 0 unspecified atom stereocenters. The number of aliphatic hydroxyl groups is 1. The molecule has 2 N–H and O–H groups in total. The van der Waals surface area contributed by atoms with Crippen LogP contribution in [0.2, 0.25) is 0 Å². The topological polar surface area (TPSA) is 58.6 Å². The number of hydrogen-bond acceptors (Lipinski definition) is 4. The first kappa shape index (κ1) is 10.5. The predicted octanol–water partition coefficient (Wildman–Crippen LogP) is 0.912. The second-order valence-electron chi connectivity index (χ2n) is 2.65. The number of ether oxygens (including phenoxy) is 1. The summed E-state index contributed by atoms with van der Waals surface area (Å²) in [5, 5.41) is 10.2. The largest absolute Gasteiger partial charge is 0.490 e. The zero-order chi connectivity index (χ0) is 10.4. The Hall–Kier alpha value is -1.55. The van der Waals surface area contributed by atoms with E-state index in [1.165, 1.54) is 0 Å². The number of carbonyl (C=O) groups is 1. The van der Waals surface area contributed by atoms with Gasteiger partial charge in [-0.25, -0.2) is 0 Å². The lowest BCUT2D eigenvalue weighted by Gasteiger charge is -2.18. The highest BCUT2D eigenvalue weighted by Crippen LogP contribution is 2.27. The van der Waals surface area contributed by atoms with Crippen molar-refractivity contribution in [2.45, 2.75) is 0 Å². The molecule has 0 saturated carbocycles. The monoisotopic (exact) mass is 195 g/mol. The Kier molecular flexibility index (Phi) is 3.94. The molecule has 1 aromatic rings. The number of nitrogens with one attached hydrogen (secondary N) is 1. The quantitative estimate of drug-likeness (QED) is 0.654. The minimum Gasteiger partial charge on any atom is -0.490 e. The Labute approximate surface area is 82.5 Å². The highest BCUT2D eigenvalue weighted by Gasteiger charge is 2.08. The van der Waals surface area contributed by atoms with Gasteiger partial charge in [-0.05, 0) is 18.2 Å².